The molecule has 1 aliphatic heterocycles. The van der Waals surface area contributed by atoms with Gasteiger partial charge >= 0.3 is 0 Å². The average Bonchev–Trinajstić information content (AvgIpc) is 2.90. The van der Waals surface area contributed by atoms with E-state index in [-0.39, 0.29) is 58.4 Å². The number of nitrogens with one attached hydrogen (secondary N) is 1. The maximum Gasteiger partial charge on any atom is 0.198 e. The lowest BCUT2D eigenvalue weighted by atomic mass is 9.71. The fraction of sp³-hybridized carbons (Fsp3) is 0.464. The van der Waals surface area contributed by atoms with Crippen LogP contribution >= 0.6 is 0 Å². The highest BCUT2D eigenvalue weighted by Crippen LogP contribution is 2.52. The molecule has 3 aliphatic rings. The van der Waals surface area contributed by atoms with E-state index in [1.165, 1.54) is 13.1 Å². The van der Waals surface area contributed by atoms with Crippen LogP contribution in [0.25, 0.3) is 0 Å². The molecule has 2 aromatic carbocycles. The maximum absolute atomic E-state index is 13.7. The van der Waals surface area contributed by atoms with Crippen LogP contribution in [0.5, 0.6) is 11.5 Å². The summed E-state index contributed by atoms with van der Waals surface area (Å²) >= 11 is 0. The van der Waals surface area contributed by atoms with Crippen LogP contribution in [0.1, 0.15) is 74.4 Å². The lowest BCUT2D eigenvalue weighted by molar-refractivity contribution is -0.245. The first-order valence-electron chi connectivity index (χ1n) is 13.0. The van der Waals surface area contributed by atoms with E-state index in [1.54, 1.807) is 26.0 Å². The van der Waals surface area contributed by atoms with Gasteiger partial charge in [0.15, 0.2) is 17.9 Å². The van der Waals surface area contributed by atoms with Crippen molar-refractivity contribution in [3.63, 3.8) is 0 Å². The third-order valence-corrected chi connectivity index (χ3v) is 8.10. The Morgan fingerprint density at radius 1 is 1.20 bits per heavy atom. The molecule has 2 aromatic rings. The number of aromatic hydroxyl groups is 2. The van der Waals surface area contributed by atoms with E-state index >= 15 is 0 Å². The van der Waals surface area contributed by atoms with Crippen molar-refractivity contribution in [1.82, 2.24) is 5.43 Å². The smallest absolute Gasteiger partial charge is 0.198 e. The number of hydrogen-bond acceptors (Lipinski definition) is 12. The molecule has 8 N–H and O–H groups in total. The fourth-order valence-electron chi connectivity index (χ4n) is 6.07. The van der Waals surface area contributed by atoms with Crippen LogP contribution < -0.4 is 11.2 Å². The molecule has 0 saturated carbocycles. The summed E-state index contributed by atoms with van der Waals surface area (Å²) in [6.45, 7) is 2.65. The highest BCUT2D eigenvalue weighted by atomic mass is 16.7. The summed E-state index contributed by atoms with van der Waals surface area (Å²) in [6.07, 6.45) is -4.32. The molecule has 6 atom stereocenters. The van der Waals surface area contributed by atoms with Crippen LogP contribution in [0.4, 0.5) is 0 Å². The van der Waals surface area contributed by atoms with Gasteiger partial charge < -0.3 is 46.2 Å². The number of hydrazone groups is 1. The molecule has 0 bridgehead atoms. The fourth-order valence-corrected chi connectivity index (χ4v) is 6.07. The third kappa shape index (κ3) is 4.28. The number of carbonyl (C=O) groups excluding carboxylic acids is 2. The number of benzene rings is 2. The molecule has 0 radical (unpaired) electrons. The Labute approximate surface area is 230 Å². The number of aliphatic hydroxyl groups is 3. The lowest BCUT2D eigenvalue weighted by Crippen LogP contribution is -2.53. The quantitative estimate of drug-likeness (QED) is 0.130. The Kier molecular flexibility index (Phi) is 7.19. The number of nitrogens with two attached hydrogens (primary N) is 1. The Morgan fingerprint density at radius 3 is 2.55 bits per heavy atom. The summed E-state index contributed by atoms with van der Waals surface area (Å²) < 4.78 is 12.0. The van der Waals surface area contributed by atoms with Gasteiger partial charge in [0, 0.05) is 54.6 Å². The summed E-state index contributed by atoms with van der Waals surface area (Å²) in [7, 11) is 1.48. The first-order valence-corrected chi connectivity index (χ1v) is 13.0. The number of ketones is 2. The second-order valence-corrected chi connectivity index (χ2v) is 10.6. The van der Waals surface area contributed by atoms with E-state index in [2.05, 4.69) is 10.5 Å². The first-order chi connectivity index (χ1) is 18.9. The van der Waals surface area contributed by atoms with Gasteiger partial charge in [-0.05, 0) is 19.4 Å². The largest absolute Gasteiger partial charge is 0.507 e. The summed E-state index contributed by atoms with van der Waals surface area (Å²) in [5, 5.41) is 59.0. The number of ether oxygens (including phenoxy) is 2. The van der Waals surface area contributed by atoms with Crippen molar-refractivity contribution in [3.05, 3.63) is 57.1 Å². The number of rotatable bonds is 5. The molecule has 12 heteroatoms. The third-order valence-electron chi connectivity index (χ3n) is 8.10. The zero-order chi connectivity index (χ0) is 29.1. The van der Waals surface area contributed by atoms with E-state index < -0.39 is 65.9 Å². The van der Waals surface area contributed by atoms with Gasteiger partial charge in [-0.1, -0.05) is 18.2 Å². The van der Waals surface area contributed by atoms with E-state index in [4.69, 9.17) is 15.2 Å². The molecule has 214 valence electrons. The number of hydrogen-bond donors (Lipinski definition) is 7. The molecular weight excluding hydrogens is 522 g/mol. The number of phenolic OH excluding ortho intramolecular Hbond substituents is 2. The monoisotopic (exact) mass is 555 g/mol. The minimum Gasteiger partial charge on any atom is -0.507 e. The standard InChI is InChI=1S/C28H33N3O9/c1-11-5-4-6-13-19(11)26(36)22-21(24(13)34)25(35)14-8-28(38,17(10-32)31-30-3)9-16(20(14)27(22)37)40-18-7-15(29)23(33)12(2)39-18/h4-6,12,15-16,18,23,30,32-33,35,37-38H,7-10,29H2,1-3H3/b31-17+/t12?,15?,16-,18+,23-,28-/m0/s1. The van der Waals surface area contributed by atoms with Crippen LogP contribution in [0.15, 0.2) is 23.3 Å². The van der Waals surface area contributed by atoms with Gasteiger partial charge in [-0.2, -0.15) is 5.10 Å². The van der Waals surface area contributed by atoms with E-state index in [0.29, 0.717) is 5.56 Å². The second-order valence-electron chi connectivity index (χ2n) is 10.6. The normalized spacial score (nSPS) is 30.0. The number of aryl methyl sites for hydroxylation is 1. The van der Waals surface area contributed by atoms with Crippen LogP contribution in [0, 0.1) is 6.92 Å². The zero-order valence-corrected chi connectivity index (χ0v) is 22.3. The number of nitrogens with zero attached hydrogens (tertiary/aromatic N) is 1. The van der Waals surface area contributed by atoms with Crippen LogP contribution in [0.2, 0.25) is 0 Å². The van der Waals surface area contributed by atoms with Gasteiger partial charge in [0.25, 0.3) is 0 Å². The molecular formula is C28H33N3O9. The topological polar surface area (TPSA) is 204 Å². The van der Waals surface area contributed by atoms with Gasteiger partial charge in [0.05, 0.1) is 41.8 Å². The summed E-state index contributed by atoms with van der Waals surface area (Å²) in [5.74, 6) is -2.40. The Hall–Kier alpha value is -3.39. The zero-order valence-electron chi connectivity index (χ0n) is 22.3. The average molecular weight is 556 g/mol. The van der Waals surface area contributed by atoms with Crippen LogP contribution in [0.3, 0.4) is 0 Å². The van der Waals surface area contributed by atoms with Gasteiger partial charge in [-0.25, -0.2) is 0 Å². The number of phenols is 2. The van der Waals surface area contributed by atoms with Crippen molar-refractivity contribution in [3.8, 4) is 11.5 Å². The second kappa shape index (κ2) is 10.2. The molecule has 5 rings (SSSR count). The van der Waals surface area contributed by atoms with Crippen molar-refractivity contribution >= 4 is 17.3 Å². The summed E-state index contributed by atoms with van der Waals surface area (Å²) in [6, 6.07) is 4.09. The van der Waals surface area contributed by atoms with Crippen LogP contribution in [-0.4, -0.2) is 86.6 Å². The number of carbonyl (C=O) groups is 2. The van der Waals surface area contributed by atoms with Gasteiger partial charge in [-0.3, -0.25) is 9.59 Å². The highest BCUT2D eigenvalue weighted by Gasteiger charge is 2.49. The van der Waals surface area contributed by atoms with E-state index in [9.17, 15) is 35.1 Å². The Morgan fingerprint density at radius 2 is 1.90 bits per heavy atom. The molecule has 0 spiro atoms. The molecule has 2 aliphatic carbocycles. The predicted octanol–water partition coefficient (Wildman–Crippen LogP) is 0.307. The van der Waals surface area contributed by atoms with Crippen molar-refractivity contribution in [2.45, 2.75) is 69.4 Å². The molecule has 1 heterocycles. The van der Waals surface area contributed by atoms with Crippen molar-refractivity contribution in [2.24, 2.45) is 10.8 Å². The van der Waals surface area contributed by atoms with Crippen LogP contribution in [-0.2, 0) is 15.9 Å². The molecule has 12 nitrogen and oxygen atoms in total. The SMILES string of the molecule is CN/N=C(\CO)[C@]1(O)Cc2c(O)c3c(c(O)c2[C@@H](O[C@@H]2CC(N)[C@@H](O)C(C)O2)C1)C(=O)c1c(C)cccc1C3=O. The molecule has 0 amide bonds. The Balaban J connectivity index is 1.70. The Bertz CT molecular complexity index is 1410. The van der Waals surface area contributed by atoms with Crippen molar-refractivity contribution in [1.29, 1.82) is 0 Å². The van der Waals surface area contributed by atoms with Crippen molar-refractivity contribution in [2.75, 3.05) is 13.7 Å². The minimum atomic E-state index is -1.88. The highest BCUT2D eigenvalue weighted by molar-refractivity contribution is 6.31. The molecule has 40 heavy (non-hydrogen) atoms. The number of aliphatic hydroxyl groups excluding tert-OH is 2. The first kappa shape index (κ1) is 28.1. The maximum atomic E-state index is 13.7. The molecule has 0 aromatic heterocycles. The summed E-state index contributed by atoms with van der Waals surface area (Å²) in [5.41, 5.74) is 6.67. The van der Waals surface area contributed by atoms with E-state index in [1.807, 2.05) is 0 Å². The van der Waals surface area contributed by atoms with Gasteiger partial charge in [0.2, 0.25) is 0 Å². The lowest BCUT2D eigenvalue weighted by Gasteiger charge is -2.43. The molecule has 1 fully saturated rings. The minimum absolute atomic E-state index is 0.0109. The molecule has 1 saturated heterocycles. The van der Waals surface area contributed by atoms with Gasteiger partial charge in [-0.15, -0.1) is 0 Å². The number of fused-ring (bicyclic) bond motifs is 3. The van der Waals surface area contributed by atoms with Crippen molar-refractivity contribution < 1.29 is 44.6 Å². The van der Waals surface area contributed by atoms with Gasteiger partial charge in [0.1, 0.15) is 17.1 Å². The summed E-state index contributed by atoms with van der Waals surface area (Å²) in [4.78, 5) is 27.2. The molecule has 2 unspecified atom stereocenters. The predicted molar refractivity (Wildman–Crippen MR) is 141 cm³/mol. The van der Waals surface area contributed by atoms with E-state index in [0.717, 1.165) is 0 Å².